The average Bonchev–Trinajstić information content (AvgIpc) is 3.39. The number of hydrogen-bond acceptors (Lipinski definition) is 4. The number of benzene rings is 2. The molecular formula is C23H23N5O. The Labute approximate surface area is 168 Å². The number of rotatable bonds is 5. The lowest BCUT2D eigenvalue weighted by Gasteiger charge is -2.11. The molecule has 1 aliphatic rings. The molecule has 1 aliphatic heterocycles. The van der Waals surface area contributed by atoms with Crippen molar-refractivity contribution in [3.63, 3.8) is 0 Å². The van der Waals surface area contributed by atoms with Crippen molar-refractivity contribution in [2.75, 3.05) is 26.2 Å². The molecular weight excluding hydrogens is 362 g/mol. The van der Waals surface area contributed by atoms with Crippen LogP contribution in [0.1, 0.15) is 18.4 Å². The van der Waals surface area contributed by atoms with Gasteiger partial charge < -0.3 is 14.9 Å². The summed E-state index contributed by atoms with van der Waals surface area (Å²) in [6.45, 7) is 4.10. The maximum Gasteiger partial charge on any atom is 0.259 e. The zero-order valence-corrected chi connectivity index (χ0v) is 16.2. The fraction of sp³-hybridized carbons (Fsp3) is 0.261. The summed E-state index contributed by atoms with van der Waals surface area (Å²) < 4.78 is 0. The van der Waals surface area contributed by atoms with Gasteiger partial charge in [-0.3, -0.25) is 9.79 Å². The minimum absolute atomic E-state index is 0.138. The Balaban J connectivity index is 1.55. The third kappa shape index (κ3) is 3.47. The van der Waals surface area contributed by atoms with E-state index in [1.807, 2.05) is 42.6 Å². The number of aliphatic imine (C=N–C) groups is 1. The van der Waals surface area contributed by atoms with E-state index in [1.54, 1.807) is 6.07 Å². The molecule has 1 fully saturated rings. The van der Waals surface area contributed by atoms with E-state index in [2.05, 4.69) is 20.9 Å². The van der Waals surface area contributed by atoms with Crippen LogP contribution in [-0.4, -0.2) is 52.2 Å². The first kappa shape index (κ1) is 17.8. The molecule has 3 heterocycles. The molecule has 0 bridgehead atoms. The topological polar surface area (TPSA) is 77.1 Å². The minimum atomic E-state index is -0.138. The second-order valence-electron chi connectivity index (χ2n) is 7.47. The van der Waals surface area contributed by atoms with Crippen LogP contribution in [0.25, 0.3) is 33.3 Å². The van der Waals surface area contributed by atoms with Crippen LogP contribution in [0.5, 0.6) is 0 Å². The monoisotopic (exact) mass is 385 g/mol. The van der Waals surface area contributed by atoms with Gasteiger partial charge in [0.25, 0.3) is 5.56 Å². The smallest absolute Gasteiger partial charge is 0.259 e. The van der Waals surface area contributed by atoms with E-state index in [4.69, 9.17) is 9.98 Å². The van der Waals surface area contributed by atoms with Gasteiger partial charge in [-0.15, -0.1) is 0 Å². The molecule has 5 rings (SSSR count). The lowest BCUT2D eigenvalue weighted by atomic mass is 10.1. The Morgan fingerprint density at radius 2 is 1.76 bits per heavy atom. The van der Waals surface area contributed by atoms with E-state index in [0.29, 0.717) is 16.7 Å². The van der Waals surface area contributed by atoms with Crippen molar-refractivity contribution in [1.29, 1.82) is 0 Å². The van der Waals surface area contributed by atoms with Crippen molar-refractivity contribution in [1.82, 2.24) is 19.9 Å². The first-order valence-corrected chi connectivity index (χ1v) is 10.1. The molecule has 0 saturated carbocycles. The average molecular weight is 385 g/mol. The highest BCUT2D eigenvalue weighted by Gasteiger charge is 2.15. The highest BCUT2D eigenvalue weighted by molar-refractivity contribution is 6.05. The number of nitrogens with one attached hydrogen (secondary N) is 2. The summed E-state index contributed by atoms with van der Waals surface area (Å²) in [5.41, 5.74) is 3.29. The number of aromatic nitrogens is 3. The van der Waals surface area contributed by atoms with Crippen LogP contribution in [-0.2, 0) is 0 Å². The fourth-order valence-electron chi connectivity index (χ4n) is 4.05. The lowest BCUT2D eigenvalue weighted by molar-refractivity contribution is 0.349. The second kappa shape index (κ2) is 7.64. The van der Waals surface area contributed by atoms with Crippen molar-refractivity contribution < 1.29 is 0 Å². The summed E-state index contributed by atoms with van der Waals surface area (Å²) in [6, 6.07) is 15.5. The van der Waals surface area contributed by atoms with Crippen LogP contribution in [0.2, 0.25) is 0 Å². The predicted molar refractivity (Wildman–Crippen MR) is 118 cm³/mol. The standard InChI is InChI=1S/C23H23N5O/c29-23-17-8-2-4-10-20(17)26-22(27-23)21-18(16-7-1-3-9-19(16)25-21)15-24-11-14-28-12-5-6-13-28/h1-4,7-10,15,25H,5-6,11-14H2,(H,26,27,29). The molecule has 2 aromatic heterocycles. The first-order valence-electron chi connectivity index (χ1n) is 10.1. The van der Waals surface area contributed by atoms with E-state index in [-0.39, 0.29) is 5.56 Å². The quantitative estimate of drug-likeness (QED) is 0.516. The van der Waals surface area contributed by atoms with Crippen LogP contribution >= 0.6 is 0 Å². The molecule has 0 atom stereocenters. The molecule has 2 aromatic carbocycles. The van der Waals surface area contributed by atoms with Gasteiger partial charge in [-0.25, -0.2) is 4.98 Å². The summed E-state index contributed by atoms with van der Waals surface area (Å²) in [4.78, 5) is 30.8. The molecule has 0 unspecified atom stereocenters. The summed E-state index contributed by atoms with van der Waals surface area (Å²) in [7, 11) is 0. The van der Waals surface area contributed by atoms with Crippen molar-refractivity contribution in [3.8, 4) is 11.5 Å². The number of likely N-dealkylation sites (tertiary alicyclic amines) is 1. The highest BCUT2D eigenvalue weighted by Crippen LogP contribution is 2.27. The Hall–Kier alpha value is -3.25. The number of fused-ring (bicyclic) bond motifs is 2. The van der Waals surface area contributed by atoms with E-state index in [0.717, 1.165) is 35.2 Å². The maximum atomic E-state index is 12.6. The molecule has 4 aromatic rings. The van der Waals surface area contributed by atoms with E-state index in [1.165, 1.54) is 25.9 Å². The number of hydrogen-bond donors (Lipinski definition) is 2. The Kier molecular flexibility index (Phi) is 4.69. The SMILES string of the molecule is O=c1[nH]c(-c2[nH]c3ccccc3c2C=NCCN2CCCC2)nc2ccccc12. The van der Waals surface area contributed by atoms with Crippen LogP contribution < -0.4 is 5.56 Å². The van der Waals surface area contributed by atoms with Crippen LogP contribution in [0.4, 0.5) is 0 Å². The zero-order chi connectivity index (χ0) is 19.6. The van der Waals surface area contributed by atoms with Gasteiger partial charge in [-0.05, 0) is 44.1 Å². The third-order valence-corrected chi connectivity index (χ3v) is 5.56. The molecule has 6 heteroatoms. The van der Waals surface area contributed by atoms with Crippen molar-refractivity contribution in [2.45, 2.75) is 12.8 Å². The number of nitrogens with zero attached hydrogens (tertiary/aromatic N) is 3. The number of aromatic amines is 2. The van der Waals surface area contributed by atoms with Gasteiger partial charge >= 0.3 is 0 Å². The van der Waals surface area contributed by atoms with Crippen molar-refractivity contribution in [3.05, 3.63) is 64.4 Å². The Morgan fingerprint density at radius 1 is 1.00 bits per heavy atom. The molecule has 146 valence electrons. The summed E-state index contributed by atoms with van der Waals surface area (Å²) in [5, 5.41) is 1.66. The molecule has 0 amide bonds. The van der Waals surface area contributed by atoms with Crippen LogP contribution in [0.3, 0.4) is 0 Å². The predicted octanol–water partition coefficient (Wildman–Crippen LogP) is 3.59. The van der Waals surface area contributed by atoms with E-state index >= 15 is 0 Å². The number of H-pyrrole nitrogens is 2. The molecule has 0 spiro atoms. The first-order chi connectivity index (χ1) is 14.3. The zero-order valence-electron chi connectivity index (χ0n) is 16.2. The number of para-hydroxylation sites is 2. The molecule has 1 saturated heterocycles. The summed E-state index contributed by atoms with van der Waals surface area (Å²) >= 11 is 0. The second-order valence-corrected chi connectivity index (χ2v) is 7.47. The molecule has 0 radical (unpaired) electrons. The Bertz CT molecular complexity index is 1250. The van der Waals surface area contributed by atoms with Crippen LogP contribution in [0.15, 0.2) is 58.3 Å². The van der Waals surface area contributed by atoms with Gasteiger partial charge in [-0.2, -0.15) is 0 Å². The van der Waals surface area contributed by atoms with Gasteiger partial charge in [0.05, 0.1) is 23.1 Å². The van der Waals surface area contributed by atoms with Gasteiger partial charge in [0, 0.05) is 29.2 Å². The van der Waals surface area contributed by atoms with Crippen molar-refractivity contribution >= 4 is 28.0 Å². The van der Waals surface area contributed by atoms with Gasteiger partial charge in [0.2, 0.25) is 0 Å². The van der Waals surface area contributed by atoms with E-state index in [9.17, 15) is 4.79 Å². The normalized spacial score (nSPS) is 15.2. The summed E-state index contributed by atoms with van der Waals surface area (Å²) in [5.74, 6) is 0.533. The van der Waals surface area contributed by atoms with Gasteiger partial charge in [0.1, 0.15) is 0 Å². The van der Waals surface area contributed by atoms with Gasteiger partial charge in [-0.1, -0.05) is 30.3 Å². The minimum Gasteiger partial charge on any atom is -0.351 e. The van der Waals surface area contributed by atoms with Crippen molar-refractivity contribution in [2.24, 2.45) is 4.99 Å². The Morgan fingerprint density at radius 3 is 2.62 bits per heavy atom. The maximum absolute atomic E-state index is 12.6. The summed E-state index contributed by atoms with van der Waals surface area (Å²) in [6.07, 6.45) is 4.49. The fourth-order valence-corrected chi connectivity index (χ4v) is 4.05. The van der Waals surface area contributed by atoms with E-state index < -0.39 is 0 Å². The third-order valence-electron chi connectivity index (χ3n) is 5.56. The van der Waals surface area contributed by atoms with Crippen LogP contribution in [0, 0.1) is 0 Å². The highest BCUT2D eigenvalue weighted by atomic mass is 16.1. The molecule has 0 aliphatic carbocycles. The lowest BCUT2D eigenvalue weighted by Crippen LogP contribution is -2.22. The molecule has 2 N–H and O–H groups in total. The molecule has 6 nitrogen and oxygen atoms in total. The largest absolute Gasteiger partial charge is 0.351 e. The van der Waals surface area contributed by atoms with Gasteiger partial charge in [0.15, 0.2) is 5.82 Å². The molecule has 29 heavy (non-hydrogen) atoms.